The van der Waals surface area contributed by atoms with Gasteiger partial charge >= 0.3 is 11.9 Å². The number of rotatable bonds is 7. The molecule has 3 N–H and O–H groups in total. The molecule has 1 aromatic carbocycles. The lowest BCUT2D eigenvalue weighted by Crippen LogP contribution is -2.52. The number of nitrogens with zero attached hydrogens (tertiary/aromatic N) is 1. The second-order valence-electron chi connectivity index (χ2n) is 9.81. The quantitative estimate of drug-likeness (QED) is 0.379. The van der Waals surface area contributed by atoms with Gasteiger partial charge in [-0.1, -0.05) is 0 Å². The molecule has 0 unspecified atom stereocenters. The van der Waals surface area contributed by atoms with Crippen molar-refractivity contribution in [1.29, 1.82) is 0 Å². The van der Waals surface area contributed by atoms with Gasteiger partial charge in [0.25, 0.3) is 12.3 Å². The molecule has 0 saturated carbocycles. The summed E-state index contributed by atoms with van der Waals surface area (Å²) in [6.45, 7) is 5.96. The van der Waals surface area contributed by atoms with Crippen LogP contribution >= 0.6 is 11.3 Å². The molecule has 198 valence electrons. The summed E-state index contributed by atoms with van der Waals surface area (Å²) in [5.74, 6) is -1.56. The number of carbonyl (C=O) groups is 3. The molecule has 1 fully saturated rings. The highest BCUT2D eigenvalue weighted by atomic mass is 32.1. The first-order valence-electron chi connectivity index (χ1n) is 11.7. The number of fused-ring (bicyclic) bond motifs is 1. The Labute approximate surface area is 215 Å². The first-order valence-corrected chi connectivity index (χ1v) is 12.5. The summed E-state index contributed by atoms with van der Waals surface area (Å²) in [5.41, 5.74) is -0.214. The van der Waals surface area contributed by atoms with Crippen LogP contribution in [0.25, 0.3) is 11.0 Å². The van der Waals surface area contributed by atoms with Crippen LogP contribution in [-0.4, -0.2) is 52.6 Å². The third kappa shape index (κ3) is 5.64. The van der Waals surface area contributed by atoms with Gasteiger partial charge in [0.15, 0.2) is 0 Å². The third-order valence-corrected chi connectivity index (χ3v) is 7.07. The Morgan fingerprint density at radius 3 is 2.57 bits per heavy atom. The van der Waals surface area contributed by atoms with E-state index in [9.17, 15) is 23.2 Å². The number of imidazole rings is 1. The zero-order valence-corrected chi connectivity index (χ0v) is 21.7. The molecule has 12 heteroatoms. The minimum atomic E-state index is -2.67. The van der Waals surface area contributed by atoms with Crippen molar-refractivity contribution in [3.8, 4) is 0 Å². The summed E-state index contributed by atoms with van der Waals surface area (Å²) in [5, 5.41) is 5.85. The van der Waals surface area contributed by atoms with E-state index in [1.165, 1.54) is 19.2 Å². The predicted octanol–water partition coefficient (Wildman–Crippen LogP) is 4.61. The van der Waals surface area contributed by atoms with Gasteiger partial charge in [0, 0.05) is 6.42 Å². The van der Waals surface area contributed by atoms with Gasteiger partial charge in [0.05, 0.1) is 33.5 Å². The van der Waals surface area contributed by atoms with Crippen molar-refractivity contribution in [3.05, 3.63) is 45.1 Å². The molecule has 9 nitrogen and oxygen atoms in total. The van der Waals surface area contributed by atoms with Crippen LogP contribution in [0.1, 0.15) is 70.5 Å². The van der Waals surface area contributed by atoms with Gasteiger partial charge in [-0.2, -0.15) is 0 Å². The van der Waals surface area contributed by atoms with Crippen molar-refractivity contribution in [2.75, 3.05) is 19.0 Å². The van der Waals surface area contributed by atoms with Crippen LogP contribution in [0.2, 0.25) is 0 Å². The summed E-state index contributed by atoms with van der Waals surface area (Å²) in [4.78, 5) is 45.9. The van der Waals surface area contributed by atoms with Gasteiger partial charge in [-0.3, -0.25) is 14.9 Å². The number of carbonyl (C=O) groups excluding carboxylic acids is 3. The van der Waals surface area contributed by atoms with Gasteiger partial charge in [-0.25, -0.2) is 18.6 Å². The minimum Gasteiger partial charge on any atom is -0.465 e. The number of anilines is 1. The average molecular weight is 535 g/mol. The molecule has 2 aromatic heterocycles. The Hall–Kier alpha value is -3.38. The number of nitrogens with one attached hydrogen (secondary N) is 3. The largest absolute Gasteiger partial charge is 0.465 e. The number of benzene rings is 1. The van der Waals surface area contributed by atoms with Crippen LogP contribution in [0.15, 0.2) is 24.3 Å². The fourth-order valence-corrected chi connectivity index (χ4v) is 5.07. The first kappa shape index (κ1) is 26.7. The van der Waals surface area contributed by atoms with E-state index in [1.54, 1.807) is 32.9 Å². The van der Waals surface area contributed by atoms with Crippen LogP contribution in [0.4, 0.5) is 14.7 Å². The van der Waals surface area contributed by atoms with Crippen LogP contribution < -0.4 is 10.6 Å². The van der Waals surface area contributed by atoms with E-state index < -0.39 is 35.4 Å². The molecule has 37 heavy (non-hydrogen) atoms. The zero-order chi connectivity index (χ0) is 27.0. The molecule has 1 aliphatic rings. The van der Waals surface area contributed by atoms with E-state index in [2.05, 4.69) is 20.6 Å². The van der Waals surface area contributed by atoms with Gasteiger partial charge in [0.1, 0.15) is 11.1 Å². The van der Waals surface area contributed by atoms with E-state index in [4.69, 9.17) is 9.47 Å². The summed E-state index contributed by atoms with van der Waals surface area (Å²) in [6, 6.07) is 5.71. The number of methoxy groups -OCH3 is 1. The number of halogens is 2. The second-order valence-corrected chi connectivity index (χ2v) is 10.9. The van der Waals surface area contributed by atoms with E-state index in [1.807, 2.05) is 0 Å². The fourth-order valence-electron chi connectivity index (χ4n) is 4.31. The molecule has 3 heterocycles. The molecule has 0 radical (unpaired) electrons. The average Bonchev–Trinajstić information content (AvgIpc) is 3.57. The Kier molecular flexibility index (Phi) is 7.33. The molecule has 1 atom stereocenters. The molecular weight excluding hydrogens is 506 g/mol. The Bertz CT molecular complexity index is 1340. The first-order chi connectivity index (χ1) is 17.4. The molecule has 0 aliphatic carbocycles. The Morgan fingerprint density at radius 1 is 1.22 bits per heavy atom. The number of esters is 2. The minimum absolute atomic E-state index is 0.0703. The number of aromatic amines is 1. The summed E-state index contributed by atoms with van der Waals surface area (Å²) < 4.78 is 36.5. The van der Waals surface area contributed by atoms with E-state index in [0.29, 0.717) is 40.9 Å². The maximum Gasteiger partial charge on any atom is 0.338 e. The number of H-pyrrole nitrogens is 1. The van der Waals surface area contributed by atoms with E-state index in [0.717, 1.165) is 6.42 Å². The van der Waals surface area contributed by atoms with Gasteiger partial charge in [-0.05, 0) is 70.0 Å². The smallest absolute Gasteiger partial charge is 0.338 e. The lowest BCUT2D eigenvalue weighted by molar-refractivity contribution is -0.162. The van der Waals surface area contributed by atoms with Crippen molar-refractivity contribution in [2.24, 2.45) is 0 Å². The van der Waals surface area contributed by atoms with Crippen molar-refractivity contribution in [1.82, 2.24) is 15.3 Å². The number of alkyl halides is 2. The molecule has 3 aromatic rings. The van der Waals surface area contributed by atoms with Gasteiger partial charge in [-0.15, -0.1) is 11.3 Å². The van der Waals surface area contributed by atoms with Crippen molar-refractivity contribution in [2.45, 2.75) is 57.6 Å². The maximum absolute atomic E-state index is 13.3. The van der Waals surface area contributed by atoms with Crippen LogP contribution in [0, 0.1) is 0 Å². The van der Waals surface area contributed by atoms with Crippen molar-refractivity contribution < 1.29 is 32.6 Å². The highest BCUT2D eigenvalue weighted by Gasteiger charge is 2.45. The van der Waals surface area contributed by atoms with Crippen LogP contribution in [0.5, 0.6) is 0 Å². The second kappa shape index (κ2) is 10.2. The maximum atomic E-state index is 13.3. The lowest BCUT2D eigenvalue weighted by Gasteiger charge is -2.32. The Balaban J connectivity index is 1.72. The summed E-state index contributed by atoms with van der Waals surface area (Å²) >= 11 is 0.692. The molecule has 1 aliphatic heterocycles. The normalized spacial score (nSPS) is 17.8. The molecular formula is C25H28F2N4O5S. The molecule has 0 spiro atoms. The SMILES string of the molecule is COC(=O)c1ccc2[nH]c(NC(=O)c3ccc(C(F)F)s3)nc2c1C[C@@]1(C(=O)OC(C)(C)C)CCCN1. The fraction of sp³-hybridized carbons (Fsp3) is 0.440. The molecule has 1 amide bonds. The number of amides is 1. The third-order valence-electron chi connectivity index (χ3n) is 5.97. The lowest BCUT2D eigenvalue weighted by atomic mass is 9.86. The number of ether oxygens (including phenoxy) is 2. The van der Waals surface area contributed by atoms with Crippen LogP contribution in [0.3, 0.4) is 0 Å². The monoisotopic (exact) mass is 534 g/mol. The van der Waals surface area contributed by atoms with Crippen molar-refractivity contribution >= 4 is 46.2 Å². The standard InChI is InChI=1S/C25H28F2N4O5S/c1-24(2,3)36-22(34)25(10-5-11-28-25)12-14-13(21(33)35-4)6-7-15-18(14)30-23(29-15)31-20(32)17-9-8-16(37-17)19(26)27/h6-9,19,28H,5,10-12H2,1-4H3,(H2,29,30,31,32)/t25-/m1/s1. The number of thiophene rings is 1. The van der Waals surface area contributed by atoms with E-state index in [-0.39, 0.29) is 27.7 Å². The van der Waals surface area contributed by atoms with Gasteiger partial charge < -0.3 is 19.8 Å². The number of hydrogen-bond acceptors (Lipinski definition) is 8. The van der Waals surface area contributed by atoms with Gasteiger partial charge in [0.2, 0.25) is 5.95 Å². The van der Waals surface area contributed by atoms with E-state index >= 15 is 0 Å². The zero-order valence-electron chi connectivity index (χ0n) is 20.9. The topological polar surface area (TPSA) is 122 Å². The van der Waals surface area contributed by atoms with Crippen molar-refractivity contribution in [3.63, 3.8) is 0 Å². The number of hydrogen-bond donors (Lipinski definition) is 3. The highest BCUT2D eigenvalue weighted by Crippen LogP contribution is 2.33. The van der Waals surface area contributed by atoms with Crippen LogP contribution in [-0.2, 0) is 20.7 Å². The predicted molar refractivity (Wildman–Crippen MR) is 134 cm³/mol. The summed E-state index contributed by atoms with van der Waals surface area (Å²) in [7, 11) is 1.26. The molecule has 0 bridgehead atoms. The molecule has 4 rings (SSSR count). The Morgan fingerprint density at radius 2 is 1.97 bits per heavy atom. The number of aromatic nitrogens is 2. The highest BCUT2D eigenvalue weighted by molar-refractivity contribution is 7.14. The summed E-state index contributed by atoms with van der Waals surface area (Å²) in [6.07, 6.45) is -1.33. The molecule has 1 saturated heterocycles.